The molecule has 0 radical (unpaired) electrons. The van der Waals surface area contributed by atoms with E-state index in [4.69, 9.17) is 10.9 Å². The van der Waals surface area contributed by atoms with Crippen molar-refractivity contribution in [2.45, 2.75) is 70.4 Å². The number of carboxylic acids is 1. The van der Waals surface area contributed by atoms with E-state index in [2.05, 4.69) is 16.0 Å². The summed E-state index contributed by atoms with van der Waals surface area (Å²) in [7, 11) is 0. The monoisotopic (exact) mass is 270 g/mol. The number of hydrazone groups is 1. The van der Waals surface area contributed by atoms with Crippen LogP contribution in [0.5, 0.6) is 0 Å². The summed E-state index contributed by atoms with van der Waals surface area (Å²) in [4.78, 5) is 10.3. The van der Waals surface area contributed by atoms with Crippen molar-refractivity contribution in [1.29, 1.82) is 0 Å². The summed E-state index contributed by atoms with van der Waals surface area (Å²) in [6.45, 7) is 1.49. The molecule has 2 rings (SSSR count). The Kier molecular flexibility index (Phi) is 7.43. The predicted octanol–water partition coefficient (Wildman–Crippen LogP) is 1.37. The second kappa shape index (κ2) is 8.87. The van der Waals surface area contributed by atoms with Gasteiger partial charge in [0.05, 0.1) is 0 Å². The molecular formula is C13H26N4O2. The summed E-state index contributed by atoms with van der Waals surface area (Å²) in [5.74, 6) is 4.23. The van der Waals surface area contributed by atoms with E-state index in [9.17, 15) is 4.79 Å². The molecule has 0 bridgehead atoms. The minimum absolute atomic E-state index is 0.127. The standard InChI is InChI=1S/C8H14N2O2.C5H12N2/c1-6(8(11)12)9-10-7-4-2-3-5-7;6-7-5-3-1-2-4-5/h7,10H,2-5H2,1H3,(H,11,12);5,7H,1-4,6H2. The fourth-order valence-corrected chi connectivity index (χ4v) is 2.38. The number of hydrazine groups is 1. The molecule has 2 aliphatic carbocycles. The zero-order valence-corrected chi connectivity index (χ0v) is 11.7. The van der Waals surface area contributed by atoms with Crippen LogP contribution in [-0.4, -0.2) is 28.9 Å². The Morgan fingerprint density at radius 3 is 1.95 bits per heavy atom. The van der Waals surface area contributed by atoms with Crippen LogP contribution in [0.15, 0.2) is 5.10 Å². The summed E-state index contributed by atoms with van der Waals surface area (Å²) in [6, 6.07) is 1.01. The first-order valence-electron chi connectivity index (χ1n) is 7.12. The van der Waals surface area contributed by atoms with E-state index >= 15 is 0 Å². The Hall–Kier alpha value is -1.14. The number of carboxylic acid groups (broad SMARTS) is 1. The van der Waals surface area contributed by atoms with E-state index in [1.807, 2.05) is 0 Å². The van der Waals surface area contributed by atoms with Gasteiger partial charge in [0.2, 0.25) is 0 Å². The Morgan fingerprint density at radius 1 is 1.11 bits per heavy atom. The van der Waals surface area contributed by atoms with E-state index in [-0.39, 0.29) is 5.71 Å². The molecule has 6 heteroatoms. The van der Waals surface area contributed by atoms with Gasteiger partial charge in [0.1, 0.15) is 5.71 Å². The fourth-order valence-electron chi connectivity index (χ4n) is 2.38. The molecule has 110 valence electrons. The lowest BCUT2D eigenvalue weighted by molar-refractivity contribution is -0.129. The molecule has 0 amide bonds. The summed E-state index contributed by atoms with van der Waals surface area (Å²) in [5.41, 5.74) is 5.76. The Morgan fingerprint density at radius 2 is 1.58 bits per heavy atom. The summed E-state index contributed by atoms with van der Waals surface area (Å²) < 4.78 is 0. The first-order chi connectivity index (χ1) is 9.13. The van der Waals surface area contributed by atoms with Crippen LogP contribution in [0.3, 0.4) is 0 Å². The topological polar surface area (TPSA) is 99.7 Å². The highest BCUT2D eigenvalue weighted by atomic mass is 16.4. The van der Waals surface area contributed by atoms with Crippen LogP contribution in [-0.2, 0) is 4.79 Å². The zero-order chi connectivity index (χ0) is 14.1. The third-order valence-corrected chi connectivity index (χ3v) is 3.67. The second-order valence-corrected chi connectivity index (χ2v) is 5.26. The van der Waals surface area contributed by atoms with Gasteiger partial charge in [0, 0.05) is 12.1 Å². The smallest absolute Gasteiger partial charge is 0.351 e. The molecule has 0 unspecified atom stereocenters. The Labute approximate surface area is 114 Å². The number of nitrogens with zero attached hydrogens (tertiary/aromatic N) is 1. The summed E-state index contributed by atoms with van der Waals surface area (Å²) >= 11 is 0. The quantitative estimate of drug-likeness (QED) is 0.351. The van der Waals surface area contributed by atoms with Crippen molar-refractivity contribution in [3.05, 3.63) is 0 Å². The lowest BCUT2D eigenvalue weighted by Crippen LogP contribution is -2.32. The Bertz CT molecular complexity index is 295. The minimum atomic E-state index is -0.958. The molecular weight excluding hydrogens is 244 g/mol. The van der Waals surface area contributed by atoms with E-state index < -0.39 is 5.97 Å². The number of nitrogens with two attached hydrogens (primary N) is 1. The number of rotatable bonds is 4. The van der Waals surface area contributed by atoms with E-state index in [0.717, 1.165) is 12.8 Å². The van der Waals surface area contributed by atoms with Crippen LogP contribution in [0.2, 0.25) is 0 Å². The molecule has 0 aliphatic heterocycles. The molecule has 5 N–H and O–H groups in total. The van der Waals surface area contributed by atoms with Gasteiger partial charge in [-0.25, -0.2) is 4.79 Å². The normalized spacial score (nSPS) is 21.1. The highest BCUT2D eigenvalue weighted by Crippen LogP contribution is 2.17. The van der Waals surface area contributed by atoms with E-state index in [1.165, 1.54) is 45.4 Å². The number of carbonyl (C=O) groups is 1. The van der Waals surface area contributed by atoms with Crippen LogP contribution in [0, 0.1) is 0 Å². The van der Waals surface area contributed by atoms with Gasteiger partial charge in [-0.05, 0) is 32.6 Å². The van der Waals surface area contributed by atoms with Gasteiger partial charge >= 0.3 is 5.97 Å². The van der Waals surface area contributed by atoms with Gasteiger partial charge in [0.15, 0.2) is 0 Å². The SMILES string of the molecule is CC(=NNC1CCCC1)C(=O)O.NNC1CCCC1. The zero-order valence-electron chi connectivity index (χ0n) is 11.7. The minimum Gasteiger partial charge on any atom is -0.477 e. The second-order valence-electron chi connectivity index (χ2n) is 5.26. The lowest BCUT2D eigenvalue weighted by Gasteiger charge is -2.07. The first kappa shape index (κ1) is 15.9. The summed E-state index contributed by atoms with van der Waals surface area (Å²) in [6.07, 6.45) is 9.92. The van der Waals surface area contributed by atoms with Gasteiger partial charge in [-0.15, -0.1) is 0 Å². The van der Waals surface area contributed by atoms with Gasteiger partial charge in [0.25, 0.3) is 0 Å². The van der Waals surface area contributed by atoms with E-state index in [0.29, 0.717) is 12.1 Å². The molecule has 19 heavy (non-hydrogen) atoms. The van der Waals surface area contributed by atoms with Crippen LogP contribution >= 0.6 is 0 Å². The third-order valence-electron chi connectivity index (χ3n) is 3.67. The fraction of sp³-hybridized carbons (Fsp3) is 0.846. The lowest BCUT2D eigenvalue weighted by atomic mass is 10.3. The number of aliphatic carboxylic acids is 1. The molecule has 2 saturated carbocycles. The molecule has 0 atom stereocenters. The number of nitrogens with one attached hydrogen (secondary N) is 2. The third kappa shape index (κ3) is 6.54. The molecule has 2 aliphatic rings. The van der Waals surface area contributed by atoms with Crippen molar-refractivity contribution < 1.29 is 9.90 Å². The van der Waals surface area contributed by atoms with Crippen molar-refractivity contribution in [2.75, 3.05) is 0 Å². The largest absolute Gasteiger partial charge is 0.477 e. The molecule has 0 aromatic rings. The highest BCUT2D eigenvalue weighted by molar-refractivity contribution is 6.34. The van der Waals surface area contributed by atoms with Crippen molar-refractivity contribution in [3.63, 3.8) is 0 Å². The highest BCUT2D eigenvalue weighted by Gasteiger charge is 2.14. The maximum absolute atomic E-state index is 10.3. The molecule has 0 aromatic carbocycles. The van der Waals surface area contributed by atoms with Crippen molar-refractivity contribution in [1.82, 2.24) is 10.9 Å². The molecule has 0 saturated heterocycles. The molecule has 0 heterocycles. The van der Waals surface area contributed by atoms with Gasteiger partial charge in [-0.1, -0.05) is 25.7 Å². The number of hydrogen-bond donors (Lipinski definition) is 4. The molecule has 2 fully saturated rings. The summed E-state index contributed by atoms with van der Waals surface area (Å²) in [5, 5.41) is 12.3. The van der Waals surface area contributed by atoms with Gasteiger partial charge < -0.3 is 10.5 Å². The van der Waals surface area contributed by atoms with Crippen molar-refractivity contribution in [3.8, 4) is 0 Å². The maximum atomic E-state index is 10.3. The number of hydrogen-bond acceptors (Lipinski definition) is 5. The van der Waals surface area contributed by atoms with Crippen molar-refractivity contribution in [2.24, 2.45) is 10.9 Å². The Balaban J connectivity index is 0.000000218. The van der Waals surface area contributed by atoms with E-state index in [1.54, 1.807) is 0 Å². The predicted molar refractivity (Wildman–Crippen MR) is 75.7 cm³/mol. The average Bonchev–Trinajstić information content (AvgIpc) is 3.09. The van der Waals surface area contributed by atoms with Crippen LogP contribution in [0.1, 0.15) is 58.3 Å². The van der Waals surface area contributed by atoms with Gasteiger partial charge in [-0.2, -0.15) is 5.10 Å². The average molecular weight is 270 g/mol. The molecule has 0 spiro atoms. The molecule has 0 aromatic heterocycles. The maximum Gasteiger partial charge on any atom is 0.351 e. The van der Waals surface area contributed by atoms with Crippen LogP contribution < -0.4 is 16.7 Å². The van der Waals surface area contributed by atoms with Crippen LogP contribution in [0.25, 0.3) is 0 Å². The van der Waals surface area contributed by atoms with Crippen LogP contribution in [0.4, 0.5) is 0 Å². The van der Waals surface area contributed by atoms with Crippen molar-refractivity contribution >= 4 is 11.7 Å². The first-order valence-corrected chi connectivity index (χ1v) is 7.12. The van der Waals surface area contributed by atoms with Gasteiger partial charge in [-0.3, -0.25) is 11.3 Å². The molecule has 6 nitrogen and oxygen atoms in total.